The number of aryl methyl sites for hydroxylation is 1. The molecule has 0 fully saturated rings. The predicted octanol–water partition coefficient (Wildman–Crippen LogP) is -0.765. The molecule has 3 aromatic carbocycles. The highest BCUT2D eigenvalue weighted by molar-refractivity contribution is 7.84. The molecule has 3 rings (SSSR count). The summed E-state index contributed by atoms with van der Waals surface area (Å²) >= 11 is 0. The topological polar surface area (TPSA) is 103 Å². The molecule has 0 aliphatic rings. The summed E-state index contributed by atoms with van der Waals surface area (Å²) in [5, 5.41) is 13.9. The fraction of sp³-hybridized carbons (Fsp3) is 0.0500. The molecule has 150 valence electrons. The number of anilines is 1. The molecule has 0 bridgehead atoms. The normalized spacial score (nSPS) is 11.4. The lowest BCUT2D eigenvalue weighted by Gasteiger charge is -2.05. The molecule has 0 radical (unpaired) electrons. The first-order chi connectivity index (χ1) is 13.3. The molecule has 0 aromatic heterocycles. The highest BCUT2D eigenvalue weighted by Gasteiger charge is 2.21. The van der Waals surface area contributed by atoms with Crippen LogP contribution >= 0.6 is 0 Å². The third-order valence-electron chi connectivity index (χ3n) is 3.98. The van der Waals surface area contributed by atoms with Gasteiger partial charge in [0.05, 0.1) is 10.5 Å². The minimum absolute atomic E-state index is 0. The number of nitro groups is 1. The highest BCUT2D eigenvalue weighted by Crippen LogP contribution is 2.14. The first kappa shape index (κ1) is 22.1. The van der Waals surface area contributed by atoms with Crippen molar-refractivity contribution in [3.63, 3.8) is 0 Å². The van der Waals surface area contributed by atoms with Crippen LogP contribution in [0.1, 0.15) is 11.1 Å². The van der Waals surface area contributed by atoms with Gasteiger partial charge in [-0.15, -0.1) is 0 Å². The third-order valence-corrected chi connectivity index (χ3v) is 5.34. The van der Waals surface area contributed by atoms with Crippen molar-refractivity contribution in [1.82, 2.24) is 0 Å². The summed E-state index contributed by atoms with van der Waals surface area (Å²) in [7, 11) is -3.95. The molecule has 0 saturated carbocycles. The smallest absolute Gasteiger partial charge is 0.328 e. The van der Waals surface area contributed by atoms with Gasteiger partial charge in [0.15, 0.2) is 0 Å². The summed E-state index contributed by atoms with van der Waals surface area (Å²) in [5.74, 6) is 0.280. The molecule has 0 atom stereocenters. The second-order valence-corrected chi connectivity index (χ2v) is 7.77. The third kappa shape index (κ3) is 5.63. The fourth-order valence-corrected chi connectivity index (χ4v) is 3.53. The summed E-state index contributed by atoms with van der Waals surface area (Å²) in [6.07, 6.45) is 0. The van der Waals surface area contributed by atoms with Crippen molar-refractivity contribution in [2.75, 3.05) is 5.32 Å². The van der Waals surface area contributed by atoms with Crippen molar-refractivity contribution >= 4 is 27.2 Å². The maximum atomic E-state index is 12.8. The molecule has 0 saturated heterocycles. The first-order valence-corrected chi connectivity index (χ1v) is 9.87. The van der Waals surface area contributed by atoms with Gasteiger partial charge in [-0.25, -0.2) is 5.32 Å². The van der Waals surface area contributed by atoms with Crippen LogP contribution in [0.25, 0.3) is 0 Å². The molecule has 0 aliphatic heterocycles. The Labute approximate surface area is 174 Å². The fourth-order valence-electron chi connectivity index (χ4n) is 2.48. The second-order valence-electron chi connectivity index (χ2n) is 6.09. The Morgan fingerprint density at radius 1 is 0.931 bits per heavy atom. The van der Waals surface area contributed by atoms with Gasteiger partial charge in [-0.3, -0.25) is 10.1 Å². The average molecular weight is 432 g/mol. The number of nitro benzene ring substituents is 1. The van der Waals surface area contributed by atoms with Gasteiger partial charge in [-0.2, -0.15) is 12.8 Å². The predicted molar refractivity (Wildman–Crippen MR) is 107 cm³/mol. The van der Waals surface area contributed by atoms with Crippen molar-refractivity contribution in [3.05, 3.63) is 100 Å². The lowest BCUT2D eigenvalue weighted by Crippen LogP contribution is -3.00. The summed E-state index contributed by atoms with van der Waals surface area (Å²) < 4.78 is 28.1. The molecule has 0 unspecified atom stereocenters. The molecule has 9 heteroatoms. The summed E-state index contributed by atoms with van der Waals surface area (Å²) in [6, 6.07) is 21.2. The van der Waals surface area contributed by atoms with Gasteiger partial charge in [0.2, 0.25) is 0 Å². The Morgan fingerprint density at radius 2 is 1.52 bits per heavy atom. The maximum Gasteiger partial charge on any atom is 0.328 e. The number of hydrogen-bond acceptors (Lipinski definition) is 4. The maximum absolute atomic E-state index is 12.8. The molecular weight excluding hydrogens is 414 g/mol. The standard InChI is InChI=1S/C20H17N3O4S.ClH/c1-15-7-9-17(10-8-15)21-20(16-5-3-2-4-6-16)22-28(26,27)19-13-11-18(12-14-19)23(24)25;/h2-14H,1H3,(H,21,22);1H. The van der Waals surface area contributed by atoms with E-state index >= 15 is 0 Å². The van der Waals surface area contributed by atoms with E-state index in [4.69, 9.17) is 0 Å². The van der Waals surface area contributed by atoms with Crippen LogP contribution in [-0.4, -0.2) is 19.2 Å². The quantitative estimate of drug-likeness (QED) is 0.239. The Balaban J connectivity index is 0.00000300. The molecule has 7 nitrogen and oxygen atoms in total. The van der Waals surface area contributed by atoms with Crippen LogP contribution in [0.4, 0.5) is 11.4 Å². The summed E-state index contributed by atoms with van der Waals surface area (Å²) in [5.41, 5.74) is 2.27. The van der Waals surface area contributed by atoms with Gasteiger partial charge in [-0.05, 0) is 43.3 Å². The number of benzene rings is 3. The SMILES string of the molecule is Cc1ccc(N/C(=[NH+]/S(=O)(=O)c2ccc([N+](=O)[O-])cc2)c2ccccc2)cc1.[Cl-]. The molecule has 29 heavy (non-hydrogen) atoms. The van der Waals surface area contributed by atoms with E-state index in [1.54, 1.807) is 24.3 Å². The minimum Gasteiger partial charge on any atom is -1.00 e. The van der Waals surface area contributed by atoms with Crippen LogP contribution in [-0.2, 0) is 10.0 Å². The highest BCUT2D eigenvalue weighted by atomic mass is 35.5. The average Bonchev–Trinajstić information content (AvgIpc) is 2.70. The summed E-state index contributed by atoms with van der Waals surface area (Å²) in [6.45, 7) is 1.96. The number of sulfonamides is 1. The molecule has 3 aromatic rings. The van der Waals surface area contributed by atoms with Gasteiger partial charge in [0, 0.05) is 12.1 Å². The number of hydrogen-bond donors (Lipinski definition) is 2. The summed E-state index contributed by atoms with van der Waals surface area (Å²) in [4.78, 5) is 10.1. The molecule has 0 heterocycles. The van der Waals surface area contributed by atoms with E-state index in [1.807, 2.05) is 37.3 Å². The lowest BCUT2D eigenvalue weighted by molar-refractivity contribution is -0.384. The Morgan fingerprint density at radius 3 is 2.07 bits per heavy atom. The monoisotopic (exact) mass is 431 g/mol. The number of amidine groups is 1. The minimum atomic E-state index is -3.95. The Bertz CT molecular complexity index is 1110. The van der Waals surface area contributed by atoms with Crippen LogP contribution in [0.5, 0.6) is 0 Å². The molecule has 2 N–H and O–H groups in total. The van der Waals surface area contributed by atoms with Gasteiger partial charge in [-0.1, -0.05) is 35.9 Å². The van der Waals surface area contributed by atoms with Crippen LogP contribution in [0.3, 0.4) is 0 Å². The zero-order valence-corrected chi connectivity index (χ0v) is 16.9. The van der Waals surface area contributed by atoms with E-state index in [2.05, 4.69) is 9.71 Å². The second kappa shape index (κ2) is 9.31. The van der Waals surface area contributed by atoms with E-state index in [0.29, 0.717) is 5.56 Å². The van der Waals surface area contributed by atoms with Crippen LogP contribution < -0.4 is 22.1 Å². The molecular formula is C20H18ClN3O4S. The van der Waals surface area contributed by atoms with E-state index in [9.17, 15) is 18.5 Å². The Hall–Kier alpha value is -3.23. The number of non-ortho nitro benzene ring substituents is 1. The van der Waals surface area contributed by atoms with E-state index in [1.165, 1.54) is 12.1 Å². The zero-order chi connectivity index (χ0) is 20.1. The zero-order valence-electron chi connectivity index (χ0n) is 15.4. The largest absolute Gasteiger partial charge is 1.00 e. The number of rotatable bonds is 5. The van der Waals surface area contributed by atoms with Crippen LogP contribution in [0.15, 0.2) is 83.8 Å². The van der Waals surface area contributed by atoms with Crippen molar-refractivity contribution < 1.29 is 30.1 Å². The Kier molecular flexibility index (Phi) is 7.08. The van der Waals surface area contributed by atoms with E-state index < -0.39 is 14.9 Å². The number of nitrogens with zero attached hydrogens (tertiary/aromatic N) is 1. The first-order valence-electron chi connectivity index (χ1n) is 8.38. The van der Waals surface area contributed by atoms with Crippen molar-refractivity contribution in [3.8, 4) is 0 Å². The van der Waals surface area contributed by atoms with Crippen LogP contribution in [0, 0.1) is 17.0 Å². The van der Waals surface area contributed by atoms with Gasteiger partial charge in [0.25, 0.3) is 11.5 Å². The number of halogens is 1. The van der Waals surface area contributed by atoms with E-state index in [-0.39, 0.29) is 28.8 Å². The molecule has 0 aliphatic carbocycles. The van der Waals surface area contributed by atoms with Crippen molar-refractivity contribution in [2.24, 2.45) is 0 Å². The van der Waals surface area contributed by atoms with Crippen molar-refractivity contribution in [2.45, 2.75) is 11.8 Å². The molecule has 0 amide bonds. The van der Waals surface area contributed by atoms with Gasteiger partial charge >= 0.3 is 10.0 Å². The molecule has 0 spiro atoms. The van der Waals surface area contributed by atoms with E-state index in [0.717, 1.165) is 23.4 Å². The van der Waals surface area contributed by atoms with Crippen LogP contribution in [0.2, 0.25) is 0 Å². The number of nitrogens with one attached hydrogen (secondary N) is 2. The van der Waals surface area contributed by atoms with Crippen molar-refractivity contribution in [1.29, 1.82) is 0 Å². The lowest BCUT2D eigenvalue weighted by atomic mass is 10.2. The van der Waals surface area contributed by atoms with Gasteiger partial charge in [0.1, 0.15) is 10.6 Å². The van der Waals surface area contributed by atoms with Gasteiger partial charge < -0.3 is 12.4 Å².